The van der Waals surface area contributed by atoms with E-state index in [1.54, 1.807) is 0 Å². The number of hydrogen-bond acceptors (Lipinski definition) is 3. The third kappa shape index (κ3) is 9.30. The van der Waals surface area contributed by atoms with E-state index in [1.807, 2.05) is 0 Å². The van der Waals surface area contributed by atoms with E-state index < -0.39 is 20.1 Å². The fourth-order valence-corrected chi connectivity index (χ4v) is 1.41. The molecule has 1 atom stereocenters. The highest BCUT2D eigenvalue weighted by Crippen LogP contribution is 2.01. The lowest BCUT2D eigenvalue weighted by atomic mass is 10.2. The molecule has 0 amide bonds. The van der Waals surface area contributed by atoms with Gasteiger partial charge in [-0.15, -0.1) is 5.54 Å². The SMILES string of the molecule is C[Si](C)(C)C#CC(O)CCCC(=O)[O-]. The Kier molecular flexibility index (Phi) is 5.51. The van der Waals surface area contributed by atoms with Crippen LogP contribution < -0.4 is 5.11 Å². The first-order valence-electron chi connectivity index (χ1n) is 4.72. The van der Waals surface area contributed by atoms with E-state index in [0.29, 0.717) is 12.8 Å². The van der Waals surface area contributed by atoms with Crippen molar-refractivity contribution < 1.29 is 15.0 Å². The van der Waals surface area contributed by atoms with Crippen LogP contribution in [0.3, 0.4) is 0 Å². The number of aliphatic hydroxyl groups is 1. The molecule has 0 radical (unpaired) electrons. The van der Waals surface area contributed by atoms with Crippen LogP contribution in [0.25, 0.3) is 0 Å². The van der Waals surface area contributed by atoms with Crippen molar-refractivity contribution >= 4 is 14.0 Å². The smallest absolute Gasteiger partial charge is 0.129 e. The molecule has 4 heteroatoms. The van der Waals surface area contributed by atoms with Crippen molar-refractivity contribution in [2.24, 2.45) is 0 Å². The first kappa shape index (κ1) is 13.2. The monoisotopic (exact) mass is 213 g/mol. The molecule has 0 fully saturated rings. The summed E-state index contributed by atoms with van der Waals surface area (Å²) in [5.41, 5.74) is 3.04. The fourth-order valence-electron chi connectivity index (χ4n) is 0.812. The first-order valence-corrected chi connectivity index (χ1v) is 8.22. The number of aliphatic hydroxyl groups excluding tert-OH is 1. The molecule has 1 unspecified atom stereocenters. The van der Waals surface area contributed by atoms with Gasteiger partial charge in [0.1, 0.15) is 14.2 Å². The van der Waals surface area contributed by atoms with Gasteiger partial charge in [-0.1, -0.05) is 25.6 Å². The van der Waals surface area contributed by atoms with Crippen LogP contribution in [0.5, 0.6) is 0 Å². The maximum absolute atomic E-state index is 10.1. The molecule has 14 heavy (non-hydrogen) atoms. The second-order valence-corrected chi connectivity index (χ2v) is 9.05. The summed E-state index contributed by atoms with van der Waals surface area (Å²) in [6.07, 6.45) is 0.127. The van der Waals surface area contributed by atoms with E-state index in [2.05, 4.69) is 31.1 Å². The molecule has 0 bridgehead atoms. The Labute approximate surface area is 86.2 Å². The third-order valence-electron chi connectivity index (χ3n) is 1.47. The Bertz CT molecular complexity index is 244. The first-order chi connectivity index (χ1) is 6.31. The normalized spacial score (nSPS) is 12.9. The molecule has 0 aliphatic heterocycles. The number of hydrogen-bond donors (Lipinski definition) is 1. The third-order valence-corrected chi connectivity index (χ3v) is 2.37. The highest BCUT2D eigenvalue weighted by Gasteiger charge is 2.08. The summed E-state index contributed by atoms with van der Waals surface area (Å²) in [6.45, 7) is 6.27. The lowest BCUT2D eigenvalue weighted by molar-refractivity contribution is -0.305. The minimum atomic E-state index is -1.43. The Morgan fingerprint density at radius 1 is 1.50 bits per heavy atom. The van der Waals surface area contributed by atoms with Crippen LogP contribution in [0.4, 0.5) is 0 Å². The highest BCUT2D eigenvalue weighted by atomic mass is 28.3. The summed E-state index contributed by atoms with van der Waals surface area (Å²) in [7, 11) is -1.43. The summed E-state index contributed by atoms with van der Waals surface area (Å²) in [5, 5.41) is 19.4. The standard InChI is InChI=1S/C10H18O3Si/c1-14(2,3)8-7-9(11)5-4-6-10(12)13/h9,11H,4-6H2,1-3H3,(H,12,13)/p-1. The Balaban J connectivity index is 3.79. The van der Waals surface area contributed by atoms with Gasteiger partial charge in [0.25, 0.3) is 0 Å². The quantitative estimate of drug-likeness (QED) is 0.534. The van der Waals surface area contributed by atoms with E-state index in [4.69, 9.17) is 0 Å². The number of carboxylic acids is 1. The molecule has 0 aromatic carbocycles. The van der Waals surface area contributed by atoms with E-state index in [-0.39, 0.29) is 6.42 Å². The highest BCUT2D eigenvalue weighted by molar-refractivity contribution is 6.83. The van der Waals surface area contributed by atoms with Crippen LogP contribution in [0.15, 0.2) is 0 Å². The maximum Gasteiger partial charge on any atom is 0.129 e. The molecule has 0 saturated carbocycles. The molecule has 0 rings (SSSR count). The van der Waals surface area contributed by atoms with Crippen LogP contribution in [-0.4, -0.2) is 25.3 Å². The Morgan fingerprint density at radius 2 is 2.07 bits per heavy atom. The maximum atomic E-state index is 10.1. The number of aliphatic carboxylic acids is 1. The average molecular weight is 213 g/mol. The van der Waals surface area contributed by atoms with Gasteiger partial charge in [0.15, 0.2) is 0 Å². The molecule has 0 aromatic rings. The van der Waals surface area contributed by atoms with E-state index in [9.17, 15) is 15.0 Å². The molecule has 3 nitrogen and oxygen atoms in total. The summed E-state index contributed by atoms with van der Waals surface area (Å²) in [6, 6.07) is 0. The topological polar surface area (TPSA) is 60.4 Å². The minimum Gasteiger partial charge on any atom is -0.550 e. The van der Waals surface area contributed by atoms with Gasteiger partial charge in [0.2, 0.25) is 0 Å². The van der Waals surface area contributed by atoms with Crippen LogP contribution >= 0.6 is 0 Å². The van der Waals surface area contributed by atoms with Crippen LogP contribution in [-0.2, 0) is 4.79 Å². The molecular formula is C10H17O3Si-. The van der Waals surface area contributed by atoms with E-state index in [1.165, 1.54) is 0 Å². The average Bonchev–Trinajstić information content (AvgIpc) is 1.99. The molecule has 0 aliphatic rings. The molecule has 0 aromatic heterocycles. The van der Waals surface area contributed by atoms with Gasteiger partial charge in [-0.2, -0.15) is 0 Å². The summed E-state index contributed by atoms with van der Waals surface area (Å²) in [4.78, 5) is 10.1. The summed E-state index contributed by atoms with van der Waals surface area (Å²) >= 11 is 0. The van der Waals surface area contributed by atoms with Crippen molar-refractivity contribution in [1.82, 2.24) is 0 Å². The van der Waals surface area contributed by atoms with Gasteiger partial charge >= 0.3 is 0 Å². The van der Waals surface area contributed by atoms with E-state index in [0.717, 1.165) is 0 Å². The van der Waals surface area contributed by atoms with Crippen molar-refractivity contribution in [3.05, 3.63) is 0 Å². The number of rotatable bonds is 4. The van der Waals surface area contributed by atoms with Gasteiger partial charge in [0, 0.05) is 5.97 Å². The molecule has 80 valence electrons. The predicted octanol–water partition coefficient (Wildman–Crippen LogP) is 0.148. The molecular weight excluding hydrogens is 196 g/mol. The lowest BCUT2D eigenvalue weighted by Gasteiger charge is -2.07. The Morgan fingerprint density at radius 3 is 2.50 bits per heavy atom. The zero-order valence-electron chi connectivity index (χ0n) is 8.96. The van der Waals surface area contributed by atoms with Crippen LogP contribution in [0, 0.1) is 11.5 Å². The van der Waals surface area contributed by atoms with Gasteiger partial charge in [-0.05, 0) is 19.3 Å². The van der Waals surface area contributed by atoms with Gasteiger partial charge in [-0.3, -0.25) is 0 Å². The number of carbonyl (C=O) groups is 1. The largest absolute Gasteiger partial charge is 0.550 e. The van der Waals surface area contributed by atoms with Crippen molar-refractivity contribution in [1.29, 1.82) is 0 Å². The second-order valence-electron chi connectivity index (χ2n) is 4.30. The molecule has 1 N–H and O–H groups in total. The zero-order chi connectivity index (χ0) is 11.2. The van der Waals surface area contributed by atoms with Crippen LogP contribution in [0.1, 0.15) is 19.3 Å². The lowest BCUT2D eigenvalue weighted by Crippen LogP contribution is -2.22. The summed E-state index contributed by atoms with van der Waals surface area (Å²) in [5.74, 6) is 1.68. The number of carbonyl (C=O) groups excluding carboxylic acids is 1. The van der Waals surface area contributed by atoms with Crippen molar-refractivity contribution in [3.8, 4) is 11.5 Å². The zero-order valence-corrected chi connectivity index (χ0v) is 9.96. The minimum absolute atomic E-state index is 0.00825. The van der Waals surface area contributed by atoms with E-state index >= 15 is 0 Å². The van der Waals surface area contributed by atoms with Crippen molar-refractivity contribution in [3.63, 3.8) is 0 Å². The second kappa shape index (κ2) is 5.84. The summed E-state index contributed by atoms with van der Waals surface area (Å²) < 4.78 is 0. The fraction of sp³-hybridized carbons (Fsp3) is 0.700. The predicted molar refractivity (Wildman–Crippen MR) is 56.0 cm³/mol. The molecule has 0 spiro atoms. The van der Waals surface area contributed by atoms with Gasteiger partial charge in [-0.25, -0.2) is 0 Å². The van der Waals surface area contributed by atoms with Gasteiger partial charge < -0.3 is 15.0 Å². The molecule has 0 heterocycles. The number of carboxylic acid groups (broad SMARTS) is 1. The van der Waals surface area contributed by atoms with Crippen molar-refractivity contribution in [2.45, 2.75) is 45.0 Å². The van der Waals surface area contributed by atoms with Gasteiger partial charge in [0.05, 0.1) is 0 Å². The molecule has 0 saturated heterocycles. The molecule has 0 aliphatic carbocycles. The van der Waals surface area contributed by atoms with Crippen molar-refractivity contribution in [2.75, 3.05) is 0 Å². The van der Waals surface area contributed by atoms with Crippen LogP contribution in [0.2, 0.25) is 19.6 Å². The Hall–Kier alpha value is -0.793.